The van der Waals surface area contributed by atoms with E-state index in [1.165, 1.54) is 28.4 Å². The van der Waals surface area contributed by atoms with Gasteiger partial charge >= 0.3 is 5.97 Å². The summed E-state index contributed by atoms with van der Waals surface area (Å²) >= 11 is 0. The van der Waals surface area contributed by atoms with E-state index in [9.17, 15) is 18.0 Å². The number of hydrogen-bond donors (Lipinski definition) is 0. The predicted octanol–water partition coefficient (Wildman–Crippen LogP) is -0.110. The lowest BCUT2D eigenvalue weighted by atomic mass is 10.1. The molecule has 1 aliphatic heterocycles. The first-order valence-corrected chi connectivity index (χ1v) is 9.80. The molecular weight excluding hydrogens is 376 g/mol. The smallest absolute Gasteiger partial charge is 0.310 e. The zero-order valence-corrected chi connectivity index (χ0v) is 16.5. The fourth-order valence-corrected chi connectivity index (χ4v) is 4.06. The molecule has 1 aromatic carbocycles. The highest BCUT2D eigenvalue weighted by Crippen LogP contribution is 2.28. The quantitative estimate of drug-likeness (QED) is 0.589. The standard InChI is InChI=1S/C17H24N2O7S/c1-18(2)16(20)12-26-17(21)11-13-4-5-14(24-3)15(10-13)27(22,23)19-6-8-25-9-7-19/h4-5,10H,6-9,11-12H2,1-3H3. The summed E-state index contributed by atoms with van der Waals surface area (Å²) in [4.78, 5) is 24.7. The molecule has 1 fully saturated rings. The Morgan fingerprint density at radius 3 is 2.48 bits per heavy atom. The largest absolute Gasteiger partial charge is 0.495 e. The lowest BCUT2D eigenvalue weighted by Crippen LogP contribution is -2.40. The number of hydrogen-bond acceptors (Lipinski definition) is 7. The Morgan fingerprint density at radius 1 is 1.22 bits per heavy atom. The van der Waals surface area contributed by atoms with E-state index in [1.54, 1.807) is 20.2 Å². The minimum Gasteiger partial charge on any atom is -0.495 e. The van der Waals surface area contributed by atoms with Crippen LogP contribution in [0.4, 0.5) is 0 Å². The number of likely N-dealkylation sites (N-methyl/N-ethyl adjacent to an activating group) is 1. The molecule has 0 radical (unpaired) electrons. The molecule has 2 rings (SSSR count). The zero-order chi connectivity index (χ0) is 20.0. The van der Waals surface area contributed by atoms with Crippen molar-refractivity contribution < 1.29 is 32.2 Å². The Labute approximate surface area is 158 Å². The molecule has 0 bridgehead atoms. The molecule has 0 spiro atoms. The highest BCUT2D eigenvalue weighted by Gasteiger charge is 2.29. The van der Waals surface area contributed by atoms with E-state index in [-0.39, 0.29) is 42.7 Å². The van der Waals surface area contributed by atoms with Gasteiger partial charge in [0.1, 0.15) is 10.6 Å². The maximum atomic E-state index is 12.9. The Morgan fingerprint density at radius 2 is 1.89 bits per heavy atom. The highest BCUT2D eigenvalue weighted by molar-refractivity contribution is 7.89. The molecule has 0 atom stereocenters. The first kappa shape index (κ1) is 21.1. The number of methoxy groups -OCH3 is 1. The highest BCUT2D eigenvalue weighted by atomic mass is 32.2. The topological polar surface area (TPSA) is 102 Å². The zero-order valence-electron chi connectivity index (χ0n) is 15.6. The number of amides is 1. The molecular formula is C17H24N2O7S. The van der Waals surface area contributed by atoms with Gasteiger partial charge < -0.3 is 19.1 Å². The normalized spacial score (nSPS) is 15.2. The van der Waals surface area contributed by atoms with Crippen LogP contribution in [0.15, 0.2) is 23.1 Å². The number of benzene rings is 1. The number of carbonyl (C=O) groups excluding carboxylic acids is 2. The Bertz CT molecular complexity index is 786. The minimum atomic E-state index is -3.78. The molecule has 0 unspecified atom stereocenters. The molecule has 0 aromatic heterocycles. The number of ether oxygens (including phenoxy) is 3. The van der Waals surface area contributed by atoms with E-state index in [0.29, 0.717) is 18.8 Å². The van der Waals surface area contributed by atoms with Crippen LogP contribution in [-0.4, -0.2) is 83.6 Å². The van der Waals surface area contributed by atoms with Crippen LogP contribution < -0.4 is 4.74 Å². The van der Waals surface area contributed by atoms with Crippen molar-refractivity contribution in [3.63, 3.8) is 0 Å². The van der Waals surface area contributed by atoms with Crippen molar-refractivity contribution in [1.82, 2.24) is 9.21 Å². The first-order valence-electron chi connectivity index (χ1n) is 8.36. The Balaban J connectivity index is 2.17. The van der Waals surface area contributed by atoms with Crippen LogP contribution in [0.1, 0.15) is 5.56 Å². The average molecular weight is 400 g/mol. The van der Waals surface area contributed by atoms with Crippen LogP contribution in [-0.2, 0) is 35.5 Å². The lowest BCUT2D eigenvalue weighted by Gasteiger charge is -2.26. The third kappa shape index (κ3) is 5.41. The number of esters is 1. The lowest BCUT2D eigenvalue weighted by molar-refractivity contribution is -0.150. The van der Waals surface area contributed by atoms with Gasteiger partial charge in [0.15, 0.2) is 6.61 Å². The van der Waals surface area contributed by atoms with E-state index < -0.39 is 16.0 Å². The van der Waals surface area contributed by atoms with Crippen LogP contribution in [0.3, 0.4) is 0 Å². The van der Waals surface area contributed by atoms with Crippen molar-refractivity contribution in [3.8, 4) is 5.75 Å². The molecule has 1 saturated heterocycles. The van der Waals surface area contributed by atoms with Crippen LogP contribution in [0.25, 0.3) is 0 Å². The molecule has 9 nitrogen and oxygen atoms in total. The van der Waals surface area contributed by atoms with E-state index >= 15 is 0 Å². The van der Waals surface area contributed by atoms with Crippen molar-refractivity contribution in [2.24, 2.45) is 0 Å². The monoisotopic (exact) mass is 400 g/mol. The van der Waals surface area contributed by atoms with Crippen LogP contribution in [0.5, 0.6) is 5.75 Å². The maximum absolute atomic E-state index is 12.9. The predicted molar refractivity (Wildman–Crippen MR) is 95.9 cm³/mol. The number of carbonyl (C=O) groups is 2. The summed E-state index contributed by atoms with van der Waals surface area (Å²) in [7, 11) is 0.715. The van der Waals surface area contributed by atoms with Crippen LogP contribution >= 0.6 is 0 Å². The van der Waals surface area contributed by atoms with E-state index in [1.807, 2.05) is 0 Å². The maximum Gasteiger partial charge on any atom is 0.310 e. The van der Waals surface area contributed by atoms with E-state index in [2.05, 4.69) is 0 Å². The summed E-state index contributed by atoms with van der Waals surface area (Å²) in [6.07, 6.45) is -0.156. The molecule has 1 aromatic rings. The van der Waals surface area contributed by atoms with Crippen molar-refractivity contribution in [2.45, 2.75) is 11.3 Å². The molecule has 27 heavy (non-hydrogen) atoms. The van der Waals surface area contributed by atoms with Gasteiger partial charge in [-0.1, -0.05) is 6.07 Å². The molecule has 0 aliphatic carbocycles. The third-order valence-electron chi connectivity index (χ3n) is 4.02. The van der Waals surface area contributed by atoms with E-state index in [0.717, 1.165) is 0 Å². The molecule has 10 heteroatoms. The molecule has 0 N–H and O–H groups in total. The Hall–Kier alpha value is -2.17. The summed E-state index contributed by atoms with van der Waals surface area (Å²) < 4.78 is 42.5. The third-order valence-corrected chi connectivity index (χ3v) is 5.94. The summed E-state index contributed by atoms with van der Waals surface area (Å²) in [5.41, 5.74) is 0.449. The molecule has 1 aliphatic rings. The SMILES string of the molecule is COc1ccc(CC(=O)OCC(=O)N(C)C)cc1S(=O)(=O)N1CCOCC1. The summed E-state index contributed by atoms with van der Waals surface area (Å²) in [6, 6.07) is 4.49. The number of nitrogens with zero attached hydrogens (tertiary/aromatic N) is 2. The molecule has 1 heterocycles. The second-order valence-electron chi connectivity index (χ2n) is 6.13. The second kappa shape index (κ2) is 9.16. The summed E-state index contributed by atoms with van der Waals surface area (Å²) in [6.45, 7) is 0.802. The van der Waals surface area contributed by atoms with Gasteiger partial charge in [-0.2, -0.15) is 4.31 Å². The number of sulfonamides is 1. The van der Waals surface area contributed by atoms with E-state index in [4.69, 9.17) is 14.2 Å². The van der Waals surface area contributed by atoms with Gasteiger partial charge in [-0.3, -0.25) is 9.59 Å². The van der Waals surface area contributed by atoms with Gasteiger partial charge in [-0.05, 0) is 17.7 Å². The van der Waals surface area contributed by atoms with Crippen molar-refractivity contribution in [3.05, 3.63) is 23.8 Å². The van der Waals surface area contributed by atoms with Gasteiger partial charge in [-0.25, -0.2) is 8.42 Å². The van der Waals surface area contributed by atoms with Crippen molar-refractivity contribution >= 4 is 21.9 Å². The van der Waals surface area contributed by atoms with Gasteiger partial charge in [-0.15, -0.1) is 0 Å². The van der Waals surface area contributed by atoms with Gasteiger partial charge in [0.05, 0.1) is 26.7 Å². The number of morpholine rings is 1. The molecule has 150 valence electrons. The summed E-state index contributed by atoms with van der Waals surface area (Å²) in [5, 5.41) is 0. The van der Waals surface area contributed by atoms with Crippen molar-refractivity contribution in [1.29, 1.82) is 0 Å². The van der Waals surface area contributed by atoms with Gasteiger partial charge in [0, 0.05) is 27.2 Å². The summed E-state index contributed by atoms with van der Waals surface area (Å²) in [5.74, 6) is -0.764. The van der Waals surface area contributed by atoms with Crippen LogP contribution in [0.2, 0.25) is 0 Å². The average Bonchev–Trinajstić information content (AvgIpc) is 2.66. The fourth-order valence-electron chi connectivity index (χ4n) is 2.45. The number of rotatable bonds is 7. The molecule has 0 saturated carbocycles. The van der Waals surface area contributed by atoms with Crippen molar-refractivity contribution in [2.75, 3.05) is 54.1 Å². The minimum absolute atomic E-state index is 0.0124. The van der Waals surface area contributed by atoms with Crippen LogP contribution in [0, 0.1) is 0 Å². The first-order chi connectivity index (χ1) is 12.8. The second-order valence-corrected chi connectivity index (χ2v) is 8.03. The fraction of sp³-hybridized carbons (Fsp3) is 0.529. The molecule has 1 amide bonds. The van der Waals surface area contributed by atoms with Gasteiger partial charge in [0.25, 0.3) is 5.91 Å². The Kier molecular flexibility index (Phi) is 7.17. The van der Waals surface area contributed by atoms with Gasteiger partial charge in [0.2, 0.25) is 10.0 Å².